The van der Waals surface area contributed by atoms with Crippen molar-refractivity contribution in [3.63, 3.8) is 0 Å². The van der Waals surface area contributed by atoms with Crippen LogP contribution in [0.1, 0.15) is 25.0 Å². The molecule has 2 aliphatic rings. The Bertz CT molecular complexity index is 502. The van der Waals surface area contributed by atoms with E-state index >= 15 is 0 Å². The van der Waals surface area contributed by atoms with E-state index in [0.29, 0.717) is 19.4 Å². The van der Waals surface area contributed by atoms with Gasteiger partial charge in [0.25, 0.3) is 0 Å². The zero-order valence-corrected chi connectivity index (χ0v) is 11.1. The van der Waals surface area contributed by atoms with Gasteiger partial charge in [-0.3, -0.25) is 4.79 Å². The molecule has 0 saturated carbocycles. The molecule has 7 nitrogen and oxygen atoms in total. The summed E-state index contributed by atoms with van der Waals surface area (Å²) in [7, 11) is 0. The summed E-state index contributed by atoms with van der Waals surface area (Å²) in [6.45, 7) is 0.523. The number of aliphatic carboxylic acids is 1. The van der Waals surface area contributed by atoms with Crippen LogP contribution in [0.4, 0.5) is 4.79 Å². The first-order valence-corrected chi connectivity index (χ1v) is 6.93. The van der Waals surface area contributed by atoms with Crippen LogP contribution in [0, 0.1) is 5.92 Å². The highest BCUT2D eigenvalue weighted by molar-refractivity contribution is 5.79. The fourth-order valence-electron chi connectivity index (χ4n) is 3.39. The molecule has 2 amide bonds. The van der Waals surface area contributed by atoms with E-state index in [0.717, 1.165) is 18.5 Å². The van der Waals surface area contributed by atoms with Crippen LogP contribution < -0.4 is 5.32 Å². The van der Waals surface area contributed by atoms with Crippen LogP contribution in [0.2, 0.25) is 0 Å². The predicted molar refractivity (Wildman–Crippen MR) is 70.1 cm³/mol. The minimum absolute atomic E-state index is 0.0910. The van der Waals surface area contributed by atoms with Gasteiger partial charge in [-0.05, 0) is 19.3 Å². The largest absolute Gasteiger partial charge is 0.481 e. The highest BCUT2D eigenvalue weighted by Crippen LogP contribution is 2.41. The molecule has 3 atom stereocenters. The highest BCUT2D eigenvalue weighted by atomic mass is 16.4. The average molecular weight is 278 g/mol. The Morgan fingerprint density at radius 2 is 2.35 bits per heavy atom. The van der Waals surface area contributed by atoms with Gasteiger partial charge in [-0.15, -0.1) is 0 Å². The van der Waals surface area contributed by atoms with Crippen molar-refractivity contribution >= 4 is 12.0 Å². The number of carbonyl (C=O) groups excluding carboxylic acids is 1. The summed E-state index contributed by atoms with van der Waals surface area (Å²) in [5.41, 5.74) is 0.970. The predicted octanol–water partition coefficient (Wildman–Crippen LogP) is 0.599. The molecular formula is C13H18N4O3. The van der Waals surface area contributed by atoms with Crippen molar-refractivity contribution in [1.82, 2.24) is 20.2 Å². The van der Waals surface area contributed by atoms with Crippen LogP contribution in [0.15, 0.2) is 12.5 Å². The van der Waals surface area contributed by atoms with Crippen LogP contribution in [0.5, 0.6) is 0 Å². The molecule has 3 N–H and O–H groups in total. The number of imidazole rings is 1. The standard InChI is InChI=1S/C13H18N4O3/c18-12(19)10-5-9-1-2-11(10)17(9)13(20)15-4-3-8-6-14-7-16-8/h6-7,9-11H,1-5H2,(H,14,16)(H,15,20)(H,18,19). The number of amides is 2. The second kappa shape index (κ2) is 5.15. The third-order valence-corrected chi connectivity index (χ3v) is 4.31. The van der Waals surface area contributed by atoms with E-state index in [1.54, 1.807) is 17.4 Å². The zero-order valence-electron chi connectivity index (χ0n) is 11.1. The molecule has 2 saturated heterocycles. The van der Waals surface area contributed by atoms with Gasteiger partial charge in [-0.1, -0.05) is 0 Å². The summed E-state index contributed by atoms with van der Waals surface area (Å²) < 4.78 is 0. The van der Waals surface area contributed by atoms with Crippen LogP contribution in [-0.4, -0.2) is 50.6 Å². The number of aromatic nitrogens is 2. The smallest absolute Gasteiger partial charge is 0.317 e. The maximum atomic E-state index is 12.2. The molecule has 3 unspecified atom stereocenters. The Balaban J connectivity index is 1.54. The number of H-pyrrole nitrogens is 1. The molecule has 2 bridgehead atoms. The minimum atomic E-state index is -0.785. The first-order chi connectivity index (χ1) is 9.66. The quantitative estimate of drug-likeness (QED) is 0.751. The van der Waals surface area contributed by atoms with Gasteiger partial charge >= 0.3 is 12.0 Å². The molecule has 2 fully saturated rings. The molecule has 3 heterocycles. The van der Waals surface area contributed by atoms with Gasteiger partial charge in [0.15, 0.2) is 0 Å². The average Bonchev–Trinajstić information content (AvgIpc) is 3.13. The van der Waals surface area contributed by atoms with Crippen molar-refractivity contribution in [1.29, 1.82) is 0 Å². The Hall–Kier alpha value is -2.05. The molecule has 7 heteroatoms. The first kappa shape index (κ1) is 13.0. The molecular weight excluding hydrogens is 260 g/mol. The Morgan fingerprint density at radius 1 is 1.50 bits per heavy atom. The van der Waals surface area contributed by atoms with E-state index in [4.69, 9.17) is 5.11 Å². The van der Waals surface area contributed by atoms with E-state index in [2.05, 4.69) is 15.3 Å². The molecule has 0 radical (unpaired) electrons. The number of fused-ring (bicyclic) bond motifs is 2. The third kappa shape index (κ3) is 2.23. The molecule has 108 valence electrons. The molecule has 20 heavy (non-hydrogen) atoms. The second-order valence-corrected chi connectivity index (χ2v) is 5.44. The van der Waals surface area contributed by atoms with E-state index in [1.807, 2.05) is 0 Å². The monoisotopic (exact) mass is 278 g/mol. The van der Waals surface area contributed by atoms with Gasteiger partial charge in [0.2, 0.25) is 0 Å². The molecule has 1 aromatic heterocycles. The fourth-order valence-corrected chi connectivity index (χ4v) is 3.39. The van der Waals surface area contributed by atoms with Gasteiger partial charge in [-0.2, -0.15) is 0 Å². The maximum absolute atomic E-state index is 12.2. The summed E-state index contributed by atoms with van der Waals surface area (Å²) in [6.07, 6.45) is 6.34. The summed E-state index contributed by atoms with van der Waals surface area (Å²) in [6, 6.07) is -0.182. The third-order valence-electron chi connectivity index (χ3n) is 4.31. The molecule has 1 aromatic rings. The molecule has 2 aliphatic heterocycles. The molecule has 0 aromatic carbocycles. The molecule has 0 aliphatic carbocycles. The first-order valence-electron chi connectivity index (χ1n) is 6.93. The number of rotatable bonds is 4. The lowest BCUT2D eigenvalue weighted by Crippen LogP contribution is -2.44. The SMILES string of the molecule is O=C(O)C1CC2CCC1N2C(=O)NCCc1cnc[nH]1. The van der Waals surface area contributed by atoms with Gasteiger partial charge < -0.3 is 20.3 Å². The number of nitrogens with one attached hydrogen (secondary N) is 2. The van der Waals surface area contributed by atoms with Crippen LogP contribution in [0.25, 0.3) is 0 Å². The molecule has 0 spiro atoms. The van der Waals surface area contributed by atoms with Crippen LogP contribution in [0.3, 0.4) is 0 Å². The normalized spacial score (nSPS) is 27.8. The van der Waals surface area contributed by atoms with Crippen LogP contribution in [-0.2, 0) is 11.2 Å². The lowest BCUT2D eigenvalue weighted by Gasteiger charge is -2.23. The van der Waals surface area contributed by atoms with Crippen molar-refractivity contribution in [3.8, 4) is 0 Å². The van der Waals surface area contributed by atoms with Crippen molar-refractivity contribution < 1.29 is 14.7 Å². The van der Waals surface area contributed by atoms with E-state index in [-0.39, 0.29) is 18.1 Å². The van der Waals surface area contributed by atoms with Crippen molar-refractivity contribution in [2.24, 2.45) is 5.92 Å². The number of carbonyl (C=O) groups is 2. The summed E-state index contributed by atoms with van der Waals surface area (Å²) >= 11 is 0. The zero-order chi connectivity index (χ0) is 14.1. The van der Waals surface area contributed by atoms with Crippen LogP contribution >= 0.6 is 0 Å². The number of carboxylic acids is 1. The lowest BCUT2D eigenvalue weighted by molar-refractivity contribution is -0.142. The summed E-state index contributed by atoms with van der Waals surface area (Å²) in [5.74, 6) is -1.18. The summed E-state index contributed by atoms with van der Waals surface area (Å²) in [5, 5.41) is 12.0. The lowest BCUT2D eigenvalue weighted by atomic mass is 9.89. The van der Waals surface area contributed by atoms with E-state index < -0.39 is 11.9 Å². The van der Waals surface area contributed by atoms with Gasteiger partial charge in [0, 0.05) is 36.9 Å². The number of hydrogen-bond donors (Lipinski definition) is 3. The van der Waals surface area contributed by atoms with E-state index in [1.165, 1.54) is 0 Å². The Labute approximate surface area is 116 Å². The Kier molecular flexibility index (Phi) is 3.33. The maximum Gasteiger partial charge on any atom is 0.317 e. The Morgan fingerprint density at radius 3 is 3.00 bits per heavy atom. The van der Waals surface area contributed by atoms with Gasteiger partial charge in [0.05, 0.1) is 12.2 Å². The number of carboxylic acid groups (broad SMARTS) is 1. The van der Waals surface area contributed by atoms with Crippen molar-refractivity contribution in [2.45, 2.75) is 37.8 Å². The summed E-state index contributed by atoms with van der Waals surface area (Å²) in [4.78, 5) is 32.0. The molecule has 3 rings (SSSR count). The second-order valence-electron chi connectivity index (χ2n) is 5.44. The number of nitrogens with zero attached hydrogens (tertiary/aromatic N) is 2. The van der Waals surface area contributed by atoms with Crippen molar-refractivity contribution in [3.05, 3.63) is 18.2 Å². The number of aromatic amines is 1. The minimum Gasteiger partial charge on any atom is -0.481 e. The van der Waals surface area contributed by atoms with E-state index in [9.17, 15) is 9.59 Å². The van der Waals surface area contributed by atoms with Gasteiger partial charge in [0.1, 0.15) is 0 Å². The highest BCUT2D eigenvalue weighted by Gasteiger charge is 2.51. The number of urea groups is 1. The fraction of sp³-hybridized carbons (Fsp3) is 0.615. The van der Waals surface area contributed by atoms with Gasteiger partial charge in [-0.25, -0.2) is 9.78 Å². The topological polar surface area (TPSA) is 98.3 Å². The number of hydrogen-bond acceptors (Lipinski definition) is 3. The van der Waals surface area contributed by atoms with Crippen molar-refractivity contribution in [2.75, 3.05) is 6.54 Å².